The lowest BCUT2D eigenvalue weighted by Gasteiger charge is -2.31. The SMILES string of the molecule is COc1cc(C=C2SC(=NC3CCCCC3)N(C3CCCCC3)C2=O)ccc1OCc1cccc(C)c1. The van der Waals surface area contributed by atoms with Gasteiger partial charge < -0.3 is 9.47 Å². The third-order valence-electron chi connectivity index (χ3n) is 7.61. The summed E-state index contributed by atoms with van der Waals surface area (Å²) in [5.74, 6) is 1.46. The predicted molar refractivity (Wildman–Crippen MR) is 152 cm³/mol. The quantitative estimate of drug-likeness (QED) is 0.356. The van der Waals surface area contributed by atoms with E-state index in [0.717, 1.165) is 46.9 Å². The maximum atomic E-state index is 13.7. The number of hydrogen-bond acceptors (Lipinski definition) is 5. The molecule has 0 bridgehead atoms. The number of carbonyl (C=O) groups excluding carboxylic acids is 1. The van der Waals surface area contributed by atoms with Gasteiger partial charge in [0.25, 0.3) is 5.91 Å². The smallest absolute Gasteiger partial charge is 0.266 e. The van der Waals surface area contributed by atoms with Crippen LogP contribution in [0.2, 0.25) is 0 Å². The number of benzene rings is 2. The maximum Gasteiger partial charge on any atom is 0.266 e. The van der Waals surface area contributed by atoms with Crippen molar-refractivity contribution in [2.75, 3.05) is 7.11 Å². The number of aliphatic imine (C=N–C) groups is 1. The Labute approximate surface area is 225 Å². The van der Waals surface area contributed by atoms with Crippen LogP contribution in [0.3, 0.4) is 0 Å². The molecule has 6 heteroatoms. The van der Waals surface area contributed by atoms with Crippen LogP contribution in [-0.2, 0) is 11.4 Å². The summed E-state index contributed by atoms with van der Waals surface area (Å²) in [5.41, 5.74) is 3.26. The zero-order chi connectivity index (χ0) is 25.6. The third-order valence-corrected chi connectivity index (χ3v) is 8.60. The first-order valence-corrected chi connectivity index (χ1v) is 14.6. The molecule has 2 aromatic rings. The van der Waals surface area contributed by atoms with Crippen LogP contribution in [0, 0.1) is 6.92 Å². The Morgan fingerprint density at radius 1 is 0.973 bits per heavy atom. The van der Waals surface area contributed by atoms with Crippen molar-refractivity contribution in [3.05, 3.63) is 64.1 Å². The Morgan fingerprint density at radius 2 is 1.73 bits per heavy atom. The molecular weight excluding hydrogens is 480 g/mol. The number of aryl methyl sites for hydroxylation is 1. The summed E-state index contributed by atoms with van der Waals surface area (Å²) in [6.07, 6.45) is 13.8. The molecule has 5 rings (SSSR count). The van der Waals surface area contributed by atoms with Crippen LogP contribution < -0.4 is 9.47 Å². The summed E-state index contributed by atoms with van der Waals surface area (Å²) in [4.78, 5) is 21.6. The van der Waals surface area contributed by atoms with E-state index in [1.807, 2.05) is 35.2 Å². The Bertz CT molecular complexity index is 1160. The van der Waals surface area contributed by atoms with Crippen LogP contribution in [0.5, 0.6) is 11.5 Å². The highest BCUT2D eigenvalue weighted by Gasteiger charge is 2.39. The fraction of sp³-hybridized carbons (Fsp3) is 0.484. The second kappa shape index (κ2) is 12.2. The van der Waals surface area contributed by atoms with E-state index < -0.39 is 0 Å². The number of amidine groups is 1. The molecule has 3 fully saturated rings. The number of nitrogens with zero attached hydrogens (tertiary/aromatic N) is 2. The topological polar surface area (TPSA) is 51.1 Å². The van der Waals surface area contributed by atoms with Crippen molar-refractivity contribution >= 4 is 28.9 Å². The number of ether oxygens (including phenoxy) is 2. The molecule has 1 heterocycles. The minimum atomic E-state index is 0.102. The summed E-state index contributed by atoms with van der Waals surface area (Å²) in [5, 5.41) is 0.917. The van der Waals surface area contributed by atoms with Gasteiger partial charge in [0.1, 0.15) is 6.61 Å². The van der Waals surface area contributed by atoms with Gasteiger partial charge in [-0.25, -0.2) is 0 Å². The van der Waals surface area contributed by atoms with Gasteiger partial charge in [0.05, 0.1) is 18.1 Å². The second-order valence-corrected chi connectivity index (χ2v) is 11.5. The van der Waals surface area contributed by atoms with Crippen LogP contribution in [0.25, 0.3) is 6.08 Å². The lowest BCUT2D eigenvalue weighted by Crippen LogP contribution is -2.41. The van der Waals surface area contributed by atoms with Gasteiger partial charge in [-0.3, -0.25) is 14.7 Å². The van der Waals surface area contributed by atoms with Gasteiger partial charge in [0, 0.05) is 6.04 Å². The molecular formula is C31H38N2O3S. The molecule has 0 aromatic heterocycles. The van der Waals surface area contributed by atoms with Crippen molar-refractivity contribution in [3.63, 3.8) is 0 Å². The molecule has 0 spiro atoms. The first-order valence-electron chi connectivity index (χ1n) is 13.8. The average Bonchev–Trinajstić information content (AvgIpc) is 3.22. The zero-order valence-corrected chi connectivity index (χ0v) is 22.9. The van der Waals surface area contributed by atoms with Crippen LogP contribution in [-0.4, -0.2) is 35.2 Å². The molecule has 0 atom stereocenters. The van der Waals surface area contributed by atoms with Crippen LogP contribution in [0.1, 0.15) is 80.9 Å². The monoisotopic (exact) mass is 518 g/mol. The van der Waals surface area contributed by atoms with Gasteiger partial charge in [-0.15, -0.1) is 0 Å². The molecule has 0 N–H and O–H groups in total. The summed E-state index contributed by atoms with van der Waals surface area (Å²) in [7, 11) is 1.65. The molecule has 2 aliphatic carbocycles. The first-order chi connectivity index (χ1) is 18.1. The van der Waals surface area contributed by atoms with E-state index in [9.17, 15) is 4.79 Å². The molecule has 3 aliphatic rings. The number of amides is 1. The number of methoxy groups -OCH3 is 1. The minimum Gasteiger partial charge on any atom is -0.493 e. The Kier molecular flexibility index (Phi) is 8.55. The fourth-order valence-corrected chi connectivity index (χ4v) is 6.72. The van der Waals surface area contributed by atoms with Crippen molar-refractivity contribution in [3.8, 4) is 11.5 Å². The van der Waals surface area contributed by atoms with Gasteiger partial charge in [-0.05, 0) is 73.7 Å². The lowest BCUT2D eigenvalue weighted by molar-refractivity contribution is -0.124. The third kappa shape index (κ3) is 6.40. The second-order valence-electron chi connectivity index (χ2n) is 10.5. The van der Waals surface area contributed by atoms with Gasteiger partial charge in [0.2, 0.25) is 0 Å². The van der Waals surface area contributed by atoms with E-state index in [1.54, 1.807) is 18.9 Å². The summed E-state index contributed by atoms with van der Waals surface area (Å²) >= 11 is 1.55. The van der Waals surface area contributed by atoms with Gasteiger partial charge in [-0.1, -0.05) is 74.4 Å². The molecule has 2 aromatic carbocycles. The van der Waals surface area contributed by atoms with Crippen molar-refractivity contribution in [2.24, 2.45) is 4.99 Å². The molecule has 1 amide bonds. The van der Waals surface area contributed by atoms with E-state index in [-0.39, 0.29) is 11.9 Å². The van der Waals surface area contributed by atoms with Crippen molar-refractivity contribution < 1.29 is 14.3 Å². The highest BCUT2D eigenvalue weighted by molar-refractivity contribution is 8.18. The molecule has 0 radical (unpaired) electrons. The Hall–Kier alpha value is -2.73. The van der Waals surface area contributed by atoms with Gasteiger partial charge >= 0.3 is 0 Å². The van der Waals surface area contributed by atoms with Crippen molar-refractivity contribution in [2.45, 2.75) is 89.8 Å². The van der Waals surface area contributed by atoms with E-state index in [0.29, 0.717) is 24.1 Å². The summed E-state index contributed by atoms with van der Waals surface area (Å²) < 4.78 is 11.7. The van der Waals surface area contributed by atoms with Gasteiger partial charge in [-0.2, -0.15) is 0 Å². The molecule has 37 heavy (non-hydrogen) atoms. The molecule has 5 nitrogen and oxygen atoms in total. The van der Waals surface area contributed by atoms with E-state index in [4.69, 9.17) is 14.5 Å². The fourth-order valence-electron chi connectivity index (χ4n) is 5.61. The van der Waals surface area contributed by atoms with E-state index in [1.165, 1.54) is 44.1 Å². The lowest BCUT2D eigenvalue weighted by atomic mass is 9.94. The van der Waals surface area contributed by atoms with E-state index >= 15 is 0 Å². The average molecular weight is 519 g/mol. The Balaban J connectivity index is 1.36. The molecule has 196 valence electrons. The highest BCUT2D eigenvalue weighted by atomic mass is 32.2. The maximum absolute atomic E-state index is 13.7. The van der Waals surface area contributed by atoms with Crippen molar-refractivity contribution in [1.29, 1.82) is 0 Å². The zero-order valence-electron chi connectivity index (χ0n) is 22.1. The normalized spacial score (nSPS) is 21.7. The Morgan fingerprint density at radius 3 is 2.46 bits per heavy atom. The first kappa shape index (κ1) is 25.9. The molecule has 0 unspecified atom stereocenters. The van der Waals surface area contributed by atoms with Crippen LogP contribution >= 0.6 is 11.8 Å². The van der Waals surface area contributed by atoms with Crippen molar-refractivity contribution in [1.82, 2.24) is 4.90 Å². The molecule has 2 saturated carbocycles. The van der Waals surface area contributed by atoms with Crippen LogP contribution in [0.4, 0.5) is 0 Å². The summed E-state index contributed by atoms with van der Waals surface area (Å²) in [6.45, 7) is 2.56. The number of hydrogen-bond donors (Lipinski definition) is 0. The largest absolute Gasteiger partial charge is 0.493 e. The number of rotatable bonds is 7. The van der Waals surface area contributed by atoms with Gasteiger partial charge in [0.15, 0.2) is 16.7 Å². The van der Waals surface area contributed by atoms with Crippen LogP contribution in [0.15, 0.2) is 52.4 Å². The minimum absolute atomic E-state index is 0.102. The predicted octanol–water partition coefficient (Wildman–Crippen LogP) is 7.52. The summed E-state index contributed by atoms with van der Waals surface area (Å²) in [6, 6.07) is 14.8. The number of thioether (sulfide) groups is 1. The van der Waals surface area contributed by atoms with E-state index in [2.05, 4.69) is 25.1 Å². The molecule has 1 saturated heterocycles. The highest BCUT2D eigenvalue weighted by Crippen LogP contribution is 2.39. The standard InChI is InChI=1S/C31H38N2O3S/c1-22-10-9-11-24(18-22)21-36-27-17-16-23(19-28(27)35-2)20-29-30(34)33(26-14-7-4-8-15-26)31(37-29)32-25-12-5-3-6-13-25/h9-11,16-20,25-26H,3-8,12-15,21H2,1-2H3. The molecule has 1 aliphatic heterocycles. The number of carbonyl (C=O) groups is 1.